The van der Waals surface area contributed by atoms with E-state index in [4.69, 9.17) is 4.74 Å². The molecule has 2 heterocycles. The van der Waals surface area contributed by atoms with Crippen LogP contribution in [0.1, 0.15) is 19.8 Å². The van der Waals surface area contributed by atoms with Crippen LogP contribution in [0.25, 0.3) is 0 Å². The summed E-state index contributed by atoms with van der Waals surface area (Å²) in [6.07, 6.45) is 2.92. The van der Waals surface area contributed by atoms with Crippen LogP contribution in [0.2, 0.25) is 0 Å². The Kier molecular flexibility index (Phi) is 4.38. The van der Waals surface area contributed by atoms with Crippen molar-refractivity contribution in [2.24, 2.45) is 0 Å². The van der Waals surface area contributed by atoms with E-state index in [2.05, 4.69) is 25.9 Å². The highest BCUT2D eigenvalue weighted by Gasteiger charge is 2.21. The first kappa shape index (κ1) is 13.4. The molecule has 0 aromatic carbocycles. The SMILES string of the molecule is CCNc1ncnc(NCC2CCC(=O)N2)c1OC. The molecule has 1 fully saturated rings. The predicted molar refractivity (Wildman–Crippen MR) is 72.4 cm³/mol. The number of nitrogens with zero attached hydrogens (tertiary/aromatic N) is 2. The Hall–Kier alpha value is -2.05. The molecule has 0 spiro atoms. The molecule has 1 aliphatic heterocycles. The Balaban J connectivity index is 2.02. The molecule has 7 nitrogen and oxygen atoms in total. The number of methoxy groups -OCH3 is 1. The van der Waals surface area contributed by atoms with Crippen LogP contribution in [0.3, 0.4) is 0 Å². The van der Waals surface area contributed by atoms with Crippen molar-refractivity contribution in [1.82, 2.24) is 15.3 Å². The van der Waals surface area contributed by atoms with E-state index in [1.807, 2.05) is 6.92 Å². The van der Waals surface area contributed by atoms with Crippen LogP contribution in [-0.4, -0.2) is 42.1 Å². The lowest BCUT2D eigenvalue weighted by Gasteiger charge is -2.15. The van der Waals surface area contributed by atoms with E-state index in [9.17, 15) is 4.79 Å². The highest BCUT2D eigenvalue weighted by molar-refractivity contribution is 5.78. The zero-order valence-corrected chi connectivity index (χ0v) is 11.2. The van der Waals surface area contributed by atoms with Crippen molar-refractivity contribution in [3.05, 3.63) is 6.33 Å². The largest absolute Gasteiger partial charge is 0.490 e. The third kappa shape index (κ3) is 3.24. The second kappa shape index (κ2) is 6.21. The maximum absolute atomic E-state index is 11.1. The minimum atomic E-state index is 0.106. The highest BCUT2D eigenvalue weighted by atomic mass is 16.5. The van der Waals surface area contributed by atoms with Crippen LogP contribution >= 0.6 is 0 Å². The van der Waals surface area contributed by atoms with Crippen molar-refractivity contribution in [3.63, 3.8) is 0 Å². The van der Waals surface area contributed by atoms with Crippen molar-refractivity contribution in [2.45, 2.75) is 25.8 Å². The molecular formula is C12H19N5O2. The van der Waals surface area contributed by atoms with Crippen LogP contribution in [0.5, 0.6) is 5.75 Å². The maximum Gasteiger partial charge on any atom is 0.220 e. The molecule has 19 heavy (non-hydrogen) atoms. The van der Waals surface area contributed by atoms with Gasteiger partial charge in [-0.2, -0.15) is 0 Å². The lowest BCUT2D eigenvalue weighted by Crippen LogP contribution is -2.32. The minimum Gasteiger partial charge on any atom is -0.490 e. The minimum absolute atomic E-state index is 0.106. The van der Waals surface area contributed by atoms with Gasteiger partial charge in [0.2, 0.25) is 11.7 Å². The Morgan fingerprint density at radius 2 is 2.16 bits per heavy atom. The molecule has 3 N–H and O–H groups in total. The number of amides is 1. The molecule has 0 aliphatic carbocycles. The van der Waals surface area contributed by atoms with Crippen LogP contribution in [0.15, 0.2) is 6.33 Å². The lowest BCUT2D eigenvalue weighted by atomic mass is 10.2. The van der Waals surface area contributed by atoms with Gasteiger partial charge in [0.15, 0.2) is 11.6 Å². The second-order valence-electron chi connectivity index (χ2n) is 4.32. The zero-order valence-electron chi connectivity index (χ0n) is 11.2. The molecule has 1 aliphatic rings. The molecule has 1 aromatic rings. The van der Waals surface area contributed by atoms with Crippen LogP contribution in [0.4, 0.5) is 11.6 Å². The van der Waals surface area contributed by atoms with Crippen molar-refractivity contribution in [3.8, 4) is 5.75 Å². The summed E-state index contributed by atoms with van der Waals surface area (Å²) in [6.45, 7) is 3.37. The molecule has 1 amide bonds. The standard InChI is InChI=1S/C12H19N5O2/c1-3-13-11-10(19-2)12(16-7-15-11)14-6-8-4-5-9(18)17-8/h7-8H,3-6H2,1-2H3,(H,17,18)(H2,13,14,15,16). The van der Waals surface area contributed by atoms with Crippen molar-refractivity contribution in [1.29, 1.82) is 0 Å². The van der Waals surface area contributed by atoms with Crippen molar-refractivity contribution in [2.75, 3.05) is 30.8 Å². The fraction of sp³-hybridized carbons (Fsp3) is 0.583. The van der Waals surface area contributed by atoms with Crippen LogP contribution in [-0.2, 0) is 4.79 Å². The third-order valence-electron chi connectivity index (χ3n) is 2.95. The molecule has 2 rings (SSSR count). The lowest BCUT2D eigenvalue weighted by molar-refractivity contribution is -0.119. The highest BCUT2D eigenvalue weighted by Crippen LogP contribution is 2.28. The number of hydrogen-bond donors (Lipinski definition) is 3. The van der Waals surface area contributed by atoms with Gasteiger partial charge < -0.3 is 20.7 Å². The molecule has 1 atom stereocenters. The molecule has 0 saturated carbocycles. The topological polar surface area (TPSA) is 88.2 Å². The summed E-state index contributed by atoms with van der Waals surface area (Å²) in [7, 11) is 1.59. The Morgan fingerprint density at radius 3 is 2.74 bits per heavy atom. The summed E-state index contributed by atoms with van der Waals surface area (Å²) in [5, 5.41) is 9.21. The average molecular weight is 265 g/mol. The van der Waals surface area contributed by atoms with Gasteiger partial charge in [-0.15, -0.1) is 0 Å². The monoisotopic (exact) mass is 265 g/mol. The van der Waals surface area contributed by atoms with Gasteiger partial charge in [-0.1, -0.05) is 0 Å². The first-order valence-corrected chi connectivity index (χ1v) is 6.40. The number of hydrogen-bond acceptors (Lipinski definition) is 6. The molecule has 7 heteroatoms. The van der Waals surface area contributed by atoms with Gasteiger partial charge in [-0.3, -0.25) is 4.79 Å². The summed E-state index contributed by atoms with van der Waals surface area (Å²) >= 11 is 0. The number of aromatic nitrogens is 2. The van der Waals surface area contributed by atoms with Gasteiger partial charge in [0, 0.05) is 25.6 Å². The van der Waals surface area contributed by atoms with E-state index in [1.54, 1.807) is 7.11 Å². The number of rotatable bonds is 6. The maximum atomic E-state index is 11.1. The van der Waals surface area contributed by atoms with Gasteiger partial charge in [0.05, 0.1) is 7.11 Å². The Bertz CT molecular complexity index is 452. The summed E-state index contributed by atoms with van der Waals surface area (Å²) in [6, 6.07) is 0.148. The normalized spacial score (nSPS) is 18.0. The second-order valence-corrected chi connectivity index (χ2v) is 4.32. The van der Waals surface area contributed by atoms with Crippen LogP contribution < -0.4 is 20.7 Å². The molecule has 0 radical (unpaired) electrons. The first-order valence-electron chi connectivity index (χ1n) is 6.40. The average Bonchev–Trinajstić information content (AvgIpc) is 2.83. The molecule has 0 bridgehead atoms. The quantitative estimate of drug-likeness (QED) is 0.698. The molecule has 104 valence electrons. The summed E-state index contributed by atoms with van der Waals surface area (Å²) in [5.41, 5.74) is 0. The van der Waals surface area contributed by atoms with Crippen molar-refractivity contribution < 1.29 is 9.53 Å². The molecule has 1 saturated heterocycles. The summed E-state index contributed by atoms with van der Waals surface area (Å²) in [5.74, 6) is 2.00. The zero-order chi connectivity index (χ0) is 13.7. The van der Waals surface area contributed by atoms with E-state index >= 15 is 0 Å². The fourth-order valence-corrected chi connectivity index (χ4v) is 2.04. The first-order chi connectivity index (χ1) is 9.24. The van der Waals surface area contributed by atoms with Gasteiger partial charge in [0.25, 0.3) is 0 Å². The molecular weight excluding hydrogens is 246 g/mol. The van der Waals surface area contributed by atoms with E-state index < -0.39 is 0 Å². The number of carbonyl (C=O) groups excluding carboxylic acids is 1. The summed E-state index contributed by atoms with van der Waals surface area (Å²) < 4.78 is 5.33. The van der Waals surface area contributed by atoms with E-state index in [-0.39, 0.29) is 11.9 Å². The third-order valence-corrected chi connectivity index (χ3v) is 2.95. The van der Waals surface area contributed by atoms with E-state index in [0.717, 1.165) is 13.0 Å². The molecule has 1 aromatic heterocycles. The fourth-order valence-electron chi connectivity index (χ4n) is 2.04. The van der Waals surface area contributed by atoms with Gasteiger partial charge in [0.1, 0.15) is 6.33 Å². The summed E-state index contributed by atoms with van der Waals surface area (Å²) in [4.78, 5) is 19.4. The number of ether oxygens (including phenoxy) is 1. The van der Waals surface area contributed by atoms with Crippen LogP contribution in [0, 0.1) is 0 Å². The van der Waals surface area contributed by atoms with E-state index in [0.29, 0.717) is 30.4 Å². The Labute approximate surface area is 112 Å². The molecule has 1 unspecified atom stereocenters. The smallest absolute Gasteiger partial charge is 0.220 e. The predicted octanol–water partition coefficient (Wildman–Crippen LogP) is 0.607. The number of nitrogens with one attached hydrogen (secondary N) is 3. The Morgan fingerprint density at radius 1 is 1.42 bits per heavy atom. The number of carbonyl (C=O) groups is 1. The van der Waals surface area contributed by atoms with Gasteiger partial charge in [-0.05, 0) is 13.3 Å². The van der Waals surface area contributed by atoms with Crippen molar-refractivity contribution >= 4 is 17.5 Å². The van der Waals surface area contributed by atoms with Gasteiger partial charge >= 0.3 is 0 Å². The van der Waals surface area contributed by atoms with E-state index in [1.165, 1.54) is 6.33 Å². The van der Waals surface area contributed by atoms with Gasteiger partial charge in [-0.25, -0.2) is 9.97 Å². The number of anilines is 2.